The van der Waals surface area contributed by atoms with Gasteiger partial charge in [-0.05, 0) is 43.2 Å². The fourth-order valence-electron chi connectivity index (χ4n) is 3.74. The van der Waals surface area contributed by atoms with E-state index in [9.17, 15) is 15.0 Å². The van der Waals surface area contributed by atoms with E-state index in [1.165, 1.54) is 49.0 Å². The van der Waals surface area contributed by atoms with Crippen molar-refractivity contribution in [3.05, 3.63) is 35.4 Å². The van der Waals surface area contributed by atoms with E-state index in [0.29, 0.717) is 13.0 Å². The van der Waals surface area contributed by atoms with E-state index in [1.807, 2.05) is 12.1 Å². The van der Waals surface area contributed by atoms with Crippen molar-refractivity contribution in [2.24, 2.45) is 0 Å². The summed E-state index contributed by atoms with van der Waals surface area (Å²) < 4.78 is 0. The lowest BCUT2D eigenvalue weighted by Crippen LogP contribution is -2.35. The first-order valence-electron chi connectivity index (χ1n) is 9.88. The highest BCUT2D eigenvalue weighted by atomic mass is 16.4. The maximum Gasteiger partial charge on any atom is 0.407 e. The molecule has 1 aliphatic heterocycles. The van der Waals surface area contributed by atoms with Crippen molar-refractivity contribution >= 4 is 6.09 Å². The number of unbranched alkanes of at least 4 members (excludes halogenated alkanes) is 5. The number of nitrogens with zero attached hydrogens (tertiary/aromatic N) is 1. The number of amides is 1. The Morgan fingerprint density at radius 3 is 2.52 bits per heavy atom. The molecular weight excluding hydrogens is 314 g/mol. The third-order valence-corrected chi connectivity index (χ3v) is 5.30. The molecule has 0 aliphatic carbocycles. The molecule has 1 fully saturated rings. The molecule has 0 bridgehead atoms. The van der Waals surface area contributed by atoms with Gasteiger partial charge in [0, 0.05) is 12.6 Å². The van der Waals surface area contributed by atoms with Crippen molar-refractivity contribution in [3.63, 3.8) is 0 Å². The first-order valence-corrected chi connectivity index (χ1v) is 9.88. The number of carbonyl (C=O) groups is 1. The molecule has 0 saturated carbocycles. The molecule has 140 valence electrons. The Labute approximate surface area is 151 Å². The molecular formula is C21H33NO3. The lowest BCUT2D eigenvalue weighted by molar-refractivity contribution is 0.106. The molecule has 2 atom stereocenters. The van der Waals surface area contributed by atoms with Crippen LogP contribution in [0.3, 0.4) is 0 Å². The largest absolute Gasteiger partial charge is 0.465 e. The summed E-state index contributed by atoms with van der Waals surface area (Å²) in [5.74, 6) is 0. The molecule has 1 aliphatic rings. The highest BCUT2D eigenvalue weighted by Crippen LogP contribution is 2.27. The topological polar surface area (TPSA) is 60.8 Å². The average molecular weight is 347 g/mol. The second-order valence-electron chi connectivity index (χ2n) is 7.28. The van der Waals surface area contributed by atoms with Crippen molar-refractivity contribution in [3.8, 4) is 0 Å². The number of aliphatic hydroxyl groups excluding tert-OH is 1. The molecule has 2 rings (SSSR count). The number of benzene rings is 1. The minimum absolute atomic E-state index is 0.0599. The fourth-order valence-corrected chi connectivity index (χ4v) is 3.74. The Kier molecular flexibility index (Phi) is 8.26. The predicted molar refractivity (Wildman–Crippen MR) is 101 cm³/mol. The zero-order valence-corrected chi connectivity index (χ0v) is 15.5. The quantitative estimate of drug-likeness (QED) is 0.575. The van der Waals surface area contributed by atoms with Crippen LogP contribution in [0.2, 0.25) is 0 Å². The molecule has 1 amide bonds. The monoisotopic (exact) mass is 347 g/mol. The summed E-state index contributed by atoms with van der Waals surface area (Å²) in [6, 6.07) is 8.15. The van der Waals surface area contributed by atoms with Crippen LogP contribution in [-0.2, 0) is 6.42 Å². The third-order valence-electron chi connectivity index (χ3n) is 5.30. The molecule has 0 spiro atoms. The average Bonchev–Trinajstić information content (AvgIpc) is 3.07. The zero-order valence-electron chi connectivity index (χ0n) is 15.5. The second kappa shape index (κ2) is 10.4. The van der Waals surface area contributed by atoms with Gasteiger partial charge in [-0.2, -0.15) is 0 Å². The van der Waals surface area contributed by atoms with E-state index in [-0.39, 0.29) is 6.04 Å². The van der Waals surface area contributed by atoms with Crippen molar-refractivity contribution in [2.45, 2.75) is 83.3 Å². The zero-order chi connectivity index (χ0) is 18.1. The standard InChI is InChI=1S/C21H33NO3/c1-2-3-4-5-6-7-9-17-11-13-18(14-12-17)20(23)16-19-10-8-15-22(19)21(24)25/h11-14,19-20,23H,2-10,15-16H2,1H3,(H,24,25)/t19-,20?/m0/s1. The number of carboxylic acid groups (broad SMARTS) is 1. The van der Waals surface area contributed by atoms with E-state index in [2.05, 4.69) is 19.1 Å². The summed E-state index contributed by atoms with van der Waals surface area (Å²) >= 11 is 0. The Balaban J connectivity index is 1.76. The summed E-state index contributed by atoms with van der Waals surface area (Å²) in [7, 11) is 0. The van der Waals surface area contributed by atoms with Gasteiger partial charge in [-0.25, -0.2) is 4.79 Å². The van der Waals surface area contributed by atoms with Gasteiger partial charge in [0.2, 0.25) is 0 Å². The van der Waals surface area contributed by atoms with Crippen molar-refractivity contribution in [2.75, 3.05) is 6.54 Å². The molecule has 1 saturated heterocycles. The summed E-state index contributed by atoms with van der Waals surface area (Å²) in [5, 5.41) is 19.6. The van der Waals surface area contributed by atoms with Crippen LogP contribution < -0.4 is 0 Å². The minimum Gasteiger partial charge on any atom is -0.465 e. The van der Waals surface area contributed by atoms with Gasteiger partial charge < -0.3 is 15.1 Å². The molecule has 1 unspecified atom stereocenters. The first-order chi connectivity index (χ1) is 12.1. The van der Waals surface area contributed by atoms with Crippen LogP contribution in [0.4, 0.5) is 4.79 Å². The lowest BCUT2D eigenvalue weighted by Gasteiger charge is -2.24. The van der Waals surface area contributed by atoms with Crippen LogP contribution in [0.5, 0.6) is 0 Å². The predicted octanol–water partition coefficient (Wildman–Crippen LogP) is 5.16. The Morgan fingerprint density at radius 1 is 1.16 bits per heavy atom. The van der Waals surface area contributed by atoms with Crippen LogP contribution in [0.25, 0.3) is 0 Å². The van der Waals surface area contributed by atoms with Crippen molar-refractivity contribution < 1.29 is 15.0 Å². The van der Waals surface area contributed by atoms with Crippen LogP contribution >= 0.6 is 0 Å². The smallest absolute Gasteiger partial charge is 0.407 e. The highest BCUT2D eigenvalue weighted by Gasteiger charge is 2.30. The van der Waals surface area contributed by atoms with Crippen LogP contribution in [0, 0.1) is 0 Å². The Bertz CT molecular complexity index is 514. The maximum absolute atomic E-state index is 11.2. The van der Waals surface area contributed by atoms with Gasteiger partial charge in [-0.15, -0.1) is 0 Å². The second-order valence-corrected chi connectivity index (χ2v) is 7.28. The van der Waals surface area contributed by atoms with E-state index in [0.717, 1.165) is 24.8 Å². The Hall–Kier alpha value is -1.55. The molecule has 2 N–H and O–H groups in total. The van der Waals surface area contributed by atoms with Gasteiger partial charge in [-0.1, -0.05) is 63.3 Å². The van der Waals surface area contributed by atoms with Crippen molar-refractivity contribution in [1.82, 2.24) is 4.90 Å². The van der Waals surface area contributed by atoms with E-state index in [1.54, 1.807) is 0 Å². The molecule has 0 radical (unpaired) electrons. The molecule has 1 aromatic carbocycles. The SMILES string of the molecule is CCCCCCCCc1ccc(C(O)C[C@@H]2CCCN2C(=O)O)cc1. The number of hydrogen-bond donors (Lipinski definition) is 2. The van der Waals surface area contributed by atoms with Crippen LogP contribution in [0.1, 0.15) is 81.9 Å². The number of rotatable bonds is 10. The molecule has 1 aromatic rings. The lowest BCUT2D eigenvalue weighted by atomic mass is 9.98. The van der Waals surface area contributed by atoms with Gasteiger partial charge in [0.1, 0.15) is 0 Å². The maximum atomic E-state index is 11.2. The third kappa shape index (κ3) is 6.35. The van der Waals surface area contributed by atoms with Gasteiger partial charge in [0.05, 0.1) is 6.10 Å². The number of aryl methyl sites for hydroxylation is 1. The summed E-state index contributed by atoms with van der Waals surface area (Å²) in [4.78, 5) is 12.7. The molecule has 1 heterocycles. The summed E-state index contributed by atoms with van der Waals surface area (Å²) in [5.41, 5.74) is 2.21. The van der Waals surface area contributed by atoms with Gasteiger partial charge in [0.15, 0.2) is 0 Å². The molecule has 4 nitrogen and oxygen atoms in total. The number of hydrogen-bond acceptors (Lipinski definition) is 2. The van der Waals surface area contributed by atoms with Crippen molar-refractivity contribution in [1.29, 1.82) is 0 Å². The molecule has 25 heavy (non-hydrogen) atoms. The first kappa shape index (κ1) is 19.8. The molecule has 4 heteroatoms. The van der Waals surface area contributed by atoms with Gasteiger partial charge >= 0.3 is 6.09 Å². The number of likely N-dealkylation sites (tertiary alicyclic amines) is 1. The number of aliphatic hydroxyl groups is 1. The van der Waals surface area contributed by atoms with E-state index in [4.69, 9.17) is 0 Å². The minimum atomic E-state index is -0.871. The molecule has 0 aromatic heterocycles. The van der Waals surface area contributed by atoms with Gasteiger partial charge in [0.25, 0.3) is 0 Å². The van der Waals surface area contributed by atoms with Gasteiger partial charge in [-0.3, -0.25) is 0 Å². The van der Waals surface area contributed by atoms with Crippen LogP contribution in [0.15, 0.2) is 24.3 Å². The van der Waals surface area contributed by atoms with E-state index >= 15 is 0 Å². The summed E-state index contributed by atoms with van der Waals surface area (Å²) in [6.07, 6.45) is 9.67. The van der Waals surface area contributed by atoms with E-state index < -0.39 is 12.2 Å². The normalized spacial score (nSPS) is 18.5. The summed E-state index contributed by atoms with van der Waals surface area (Å²) in [6.45, 7) is 2.83. The highest BCUT2D eigenvalue weighted by molar-refractivity contribution is 5.65. The Morgan fingerprint density at radius 2 is 1.84 bits per heavy atom. The fraction of sp³-hybridized carbons (Fsp3) is 0.667. The van der Waals surface area contributed by atoms with Crippen LogP contribution in [-0.4, -0.2) is 33.8 Å².